The molecule has 1 aliphatic rings. The summed E-state index contributed by atoms with van der Waals surface area (Å²) >= 11 is 0. The lowest BCUT2D eigenvalue weighted by atomic mass is 9.95. The third-order valence-electron chi connectivity index (χ3n) is 8.57. The lowest BCUT2D eigenvalue weighted by Gasteiger charge is -2.34. The highest BCUT2D eigenvalue weighted by molar-refractivity contribution is 7.92. The minimum Gasteiger partial charge on any atom is -0.497 e. The maximum Gasteiger partial charge on any atom is 0.264 e. The molecule has 0 saturated heterocycles. The van der Waals surface area contributed by atoms with Gasteiger partial charge in [-0.25, -0.2) is 8.42 Å². The van der Waals surface area contributed by atoms with Gasteiger partial charge in [0, 0.05) is 18.7 Å². The van der Waals surface area contributed by atoms with Crippen molar-refractivity contribution in [2.75, 3.05) is 32.2 Å². The molecule has 11 heteroatoms. The highest BCUT2D eigenvalue weighted by Crippen LogP contribution is 2.33. The minimum atomic E-state index is -4.30. The van der Waals surface area contributed by atoms with E-state index in [1.54, 1.807) is 31.4 Å². The molecule has 0 spiro atoms. The molecule has 0 bridgehead atoms. The van der Waals surface area contributed by atoms with Crippen LogP contribution in [0.2, 0.25) is 0 Å². The zero-order valence-electron chi connectivity index (χ0n) is 28.2. The fraction of sp³-hybridized carbons (Fsp3) is 0.444. The Bertz CT molecular complexity index is 1620. The van der Waals surface area contributed by atoms with E-state index in [0.717, 1.165) is 53.1 Å². The molecule has 1 saturated carbocycles. The molecule has 0 heterocycles. The maximum absolute atomic E-state index is 14.5. The minimum absolute atomic E-state index is 0.0560. The molecule has 0 aliphatic heterocycles. The first kappa shape index (κ1) is 35.6. The molecule has 2 amide bonds. The molecule has 1 fully saturated rings. The number of nitrogens with one attached hydrogen (secondary N) is 1. The predicted octanol–water partition coefficient (Wildman–Crippen LogP) is 5.78. The first-order valence-corrected chi connectivity index (χ1v) is 17.5. The lowest BCUT2D eigenvalue weighted by Crippen LogP contribution is -2.54. The summed E-state index contributed by atoms with van der Waals surface area (Å²) in [4.78, 5) is 29.7. The molecule has 1 unspecified atom stereocenters. The van der Waals surface area contributed by atoms with Crippen LogP contribution in [0.4, 0.5) is 5.69 Å². The summed E-state index contributed by atoms with van der Waals surface area (Å²) in [5.41, 5.74) is 2.81. The van der Waals surface area contributed by atoms with Crippen LogP contribution >= 0.6 is 0 Å². The topological polar surface area (TPSA) is 114 Å². The van der Waals surface area contributed by atoms with Crippen molar-refractivity contribution < 1.29 is 32.2 Å². The fourth-order valence-corrected chi connectivity index (χ4v) is 7.53. The molecule has 47 heavy (non-hydrogen) atoms. The van der Waals surface area contributed by atoms with E-state index in [4.69, 9.17) is 14.2 Å². The molecule has 0 aromatic heterocycles. The van der Waals surface area contributed by atoms with Gasteiger partial charge in [-0.15, -0.1) is 0 Å². The largest absolute Gasteiger partial charge is 0.497 e. The summed E-state index contributed by atoms with van der Waals surface area (Å²) in [7, 11) is 0.181. The highest BCUT2D eigenvalue weighted by atomic mass is 32.2. The van der Waals surface area contributed by atoms with E-state index in [2.05, 4.69) is 5.32 Å². The van der Waals surface area contributed by atoms with Crippen molar-refractivity contribution in [3.05, 3.63) is 77.4 Å². The van der Waals surface area contributed by atoms with Crippen molar-refractivity contribution in [3.8, 4) is 17.2 Å². The number of hydrogen-bond donors (Lipinski definition) is 1. The van der Waals surface area contributed by atoms with Crippen LogP contribution in [0.5, 0.6) is 17.2 Å². The van der Waals surface area contributed by atoms with Crippen LogP contribution in [0, 0.1) is 13.8 Å². The smallest absolute Gasteiger partial charge is 0.264 e. The summed E-state index contributed by atoms with van der Waals surface area (Å²) in [5, 5.41) is 3.18. The monoisotopic (exact) mass is 665 g/mol. The van der Waals surface area contributed by atoms with Crippen molar-refractivity contribution >= 4 is 27.5 Å². The molecule has 1 aliphatic carbocycles. The Morgan fingerprint density at radius 1 is 0.851 bits per heavy atom. The Labute approximate surface area is 279 Å². The number of ether oxygens (including phenoxy) is 3. The van der Waals surface area contributed by atoms with Crippen LogP contribution in [-0.4, -0.2) is 65.1 Å². The Kier molecular flexibility index (Phi) is 12.1. The SMILES string of the molecule is CCC(C(=O)NC1CCCCC1)N(Cc1ccc(OC)cc1)C(=O)CN(c1cc(C)cc(C)c1)S(=O)(=O)c1ccc(OC)c(OC)c1. The number of anilines is 1. The first-order valence-electron chi connectivity index (χ1n) is 16.1. The van der Waals surface area contributed by atoms with Gasteiger partial charge in [0.1, 0.15) is 18.3 Å². The average Bonchev–Trinajstić information content (AvgIpc) is 3.06. The second kappa shape index (κ2) is 16.0. The third-order valence-corrected chi connectivity index (χ3v) is 10.3. The van der Waals surface area contributed by atoms with Crippen molar-refractivity contribution in [2.45, 2.75) is 82.8 Å². The van der Waals surface area contributed by atoms with Gasteiger partial charge in [0.25, 0.3) is 10.0 Å². The molecule has 0 radical (unpaired) electrons. The van der Waals surface area contributed by atoms with Crippen LogP contribution < -0.4 is 23.8 Å². The summed E-state index contributed by atoms with van der Waals surface area (Å²) in [6, 6.07) is 16.3. The van der Waals surface area contributed by atoms with Crippen LogP contribution in [0.3, 0.4) is 0 Å². The Morgan fingerprint density at radius 3 is 2.06 bits per heavy atom. The van der Waals surface area contributed by atoms with Gasteiger partial charge in [-0.1, -0.05) is 44.4 Å². The average molecular weight is 666 g/mol. The third kappa shape index (κ3) is 8.77. The second-order valence-corrected chi connectivity index (χ2v) is 13.9. The summed E-state index contributed by atoms with van der Waals surface area (Å²) < 4.78 is 46.0. The number of carbonyl (C=O) groups is 2. The van der Waals surface area contributed by atoms with Crippen molar-refractivity contribution in [1.29, 1.82) is 0 Å². The number of methoxy groups -OCH3 is 3. The van der Waals surface area contributed by atoms with Gasteiger partial charge in [-0.2, -0.15) is 0 Å². The predicted molar refractivity (Wildman–Crippen MR) is 183 cm³/mol. The normalized spacial score (nSPS) is 14.2. The van der Waals surface area contributed by atoms with Gasteiger partial charge < -0.3 is 24.4 Å². The van der Waals surface area contributed by atoms with Gasteiger partial charge in [0.05, 0.1) is 31.9 Å². The maximum atomic E-state index is 14.5. The van der Waals surface area contributed by atoms with E-state index in [9.17, 15) is 18.0 Å². The molecular weight excluding hydrogens is 618 g/mol. The van der Waals surface area contributed by atoms with Crippen molar-refractivity contribution in [1.82, 2.24) is 10.2 Å². The van der Waals surface area contributed by atoms with Gasteiger partial charge >= 0.3 is 0 Å². The van der Waals surface area contributed by atoms with Crippen LogP contribution in [0.25, 0.3) is 0 Å². The van der Waals surface area contributed by atoms with Gasteiger partial charge in [-0.3, -0.25) is 13.9 Å². The van der Waals surface area contributed by atoms with Crippen molar-refractivity contribution in [3.63, 3.8) is 0 Å². The molecule has 3 aromatic rings. The standard InChI is InChI=1S/C36H47N3O7S/c1-7-32(36(41)37-28-11-9-8-10-12-28)38(23-27-13-15-30(44-4)16-14-27)35(40)24-39(29-20-25(2)19-26(3)21-29)47(42,43)31-17-18-33(45-5)34(22-31)46-6/h13-22,28,32H,7-12,23-24H2,1-6H3,(H,37,41). The number of benzene rings is 3. The number of aryl methyl sites for hydroxylation is 2. The molecule has 254 valence electrons. The zero-order chi connectivity index (χ0) is 34.1. The quantitative estimate of drug-likeness (QED) is 0.232. The number of nitrogens with zero attached hydrogens (tertiary/aromatic N) is 2. The summed E-state index contributed by atoms with van der Waals surface area (Å²) in [6.07, 6.45) is 5.41. The number of rotatable bonds is 14. The Hall–Kier alpha value is -4.25. The summed E-state index contributed by atoms with van der Waals surface area (Å²) in [5.74, 6) is 0.542. The second-order valence-electron chi connectivity index (χ2n) is 12.0. The van der Waals surface area contributed by atoms with E-state index in [0.29, 0.717) is 23.6 Å². The van der Waals surface area contributed by atoms with Crippen LogP contribution in [-0.2, 0) is 26.2 Å². The van der Waals surface area contributed by atoms with Gasteiger partial charge in [0.15, 0.2) is 11.5 Å². The van der Waals surface area contributed by atoms with E-state index in [-0.39, 0.29) is 29.1 Å². The van der Waals surface area contributed by atoms with E-state index >= 15 is 0 Å². The fourth-order valence-electron chi connectivity index (χ4n) is 6.12. The van der Waals surface area contributed by atoms with E-state index < -0.39 is 28.5 Å². The first-order chi connectivity index (χ1) is 22.5. The van der Waals surface area contributed by atoms with Gasteiger partial charge in [0.2, 0.25) is 11.8 Å². The number of sulfonamides is 1. The van der Waals surface area contributed by atoms with E-state index in [1.165, 1.54) is 37.3 Å². The van der Waals surface area contributed by atoms with Crippen molar-refractivity contribution in [2.24, 2.45) is 0 Å². The molecule has 1 atom stereocenters. The highest BCUT2D eigenvalue weighted by Gasteiger charge is 2.35. The molecule has 4 rings (SSSR count). The molecule has 3 aromatic carbocycles. The molecule has 1 N–H and O–H groups in total. The molecular formula is C36H47N3O7S. The zero-order valence-corrected chi connectivity index (χ0v) is 29.1. The Balaban J connectivity index is 1.76. The lowest BCUT2D eigenvalue weighted by molar-refractivity contribution is -0.140. The molecule has 10 nitrogen and oxygen atoms in total. The number of carbonyl (C=O) groups excluding carboxylic acids is 2. The van der Waals surface area contributed by atoms with Crippen LogP contribution in [0.1, 0.15) is 62.1 Å². The Morgan fingerprint density at radius 2 is 1.49 bits per heavy atom. The van der Waals surface area contributed by atoms with Crippen LogP contribution in [0.15, 0.2) is 65.6 Å². The van der Waals surface area contributed by atoms with E-state index in [1.807, 2.05) is 39.0 Å². The number of hydrogen-bond acceptors (Lipinski definition) is 7. The summed E-state index contributed by atoms with van der Waals surface area (Å²) in [6.45, 7) is 5.19. The van der Waals surface area contributed by atoms with Gasteiger partial charge in [-0.05, 0) is 86.2 Å². The number of amides is 2.